The normalized spacial score (nSPS) is 17.3. The van der Waals surface area contributed by atoms with E-state index < -0.39 is 5.54 Å². The number of hydrogen-bond donors (Lipinski definition) is 1. The number of hydrogen-bond acceptors (Lipinski definition) is 3. The highest BCUT2D eigenvalue weighted by atomic mass is 79.9. The van der Waals surface area contributed by atoms with Gasteiger partial charge < -0.3 is 15.4 Å². The molecule has 1 aliphatic carbocycles. The number of halogens is 1. The number of rotatable bonds is 4. The van der Waals surface area contributed by atoms with Gasteiger partial charge in [-0.05, 0) is 31.0 Å². The molecule has 0 unspecified atom stereocenters. The van der Waals surface area contributed by atoms with Gasteiger partial charge in [-0.1, -0.05) is 35.2 Å². The maximum Gasteiger partial charge on any atom is 0.242 e. The van der Waals surface area contributed by atoms with Crippen LogP contribution in [0, 0.1) is 0 Å². The minimum absolute atomic E-state index is 0.0317. The zero-order valence-electron chi connectivity index (χ0n) is 12.7. The monoisotopic (exact) mass is 354 g/mol. The van der Waals surface area contributed by atoms with Gasteiger partial charge in [0.1, 0.15) is 5.75 Å². The molecule has 116 valence electrons. The Morgan fingerprint density at radius 3 is 2.67 bits per heavy atom. The molecule has 5 heteroatoms. The molecule has 0 bridgehead atoms. The van der Waals surface area contributed by atoms with Crippen LogP contribution in [0.3, 0.4) is 0 Å². The predicted molar refractivity (Wildman–Crippen MR) is 87.2 cm³/mol. The number of nitrogens with zero attached hydrogens (tertiary/aromatic N) is 1. The lowest BCUT2D eigenvalue weighted by atomic mass is 9.81. The molecule has 0 aliphatic heterocycles. The zero-order valence-corrected chi connectivity index (χ0v) is 14.3. The number of carbonyl (C=O) groups excluding carboxylic acids is 1. The minimum atomic E-state index is -0.688. The van der Waals surface area contributed by atoms with Gasteiger partial charge in [0.2, 0.25) is 5.91 Å². The molecule has 21 heavy (non-hydrogen) atoms. The predicted octanol–water partition coefficient (Wildman–Crippen LogP) is 3.08. The van der Waals surface area contributed by atoms with Gasteiger partial charge in [0, 0.05) is 23.6 Å². The second kappa shape index (κ2) is 6.79. The van der Waals surface area contributed by atoms with Crippen LogP contribution in [0.1, 0.15) is 37.7 Å². The first-order valence-corrected chi connectivity index (χ1v) is 8.12. The lowest BCUT2D eigenvalue weighted by Crippen LogP contribution is -2.55. The van der Waals surface area contributed by atoms with E-state index in [-0.39, 0.29) is 5.91 Å². The average molecular weight is 355 g/mol. The van der Waals surface area contributed by atoms with Crippen molar-refractivity contribution in [2.24, 2.45) is 5.73 Å². The number of methoxy groups -OCH3 is 1. The van der Waals surface area contributed by atoms with Crippen LogP contribution in [0.4, 0.5) is 0 Å². The van der Waals surface area contributed by atoms with Crippen LogP contribution in [-0.4, -0.2) is 30.5 Å². The third-order valence-electron chi connectivity index (χ3n) is 4.17. The van der Waals surface area contributed by atoms with Gasteiger partial charge in [-0.2, -0.15) is 0 Å². The number of amides is 1. The summed E-state index contributed by atoms with van der Waals surface area (Å²) in [5, 5.41) is 0. The molecule has 1 fully saturated rings. The fourth-order valence-electron chi connectivity index (χ4n) is 2.97. The summed E-state index contributed by atoms with van der Waals surface area (Å²) in [7, 11) is 3.45. The second-order valence-electron chi connectivity index (χ2n) is 5.83. The van der Waals surface area contributed by atoms with Crippen LogP contribution in [0.2, 0.25) is 0 Å². The van der Waals surface area contributed by atoms with E-state index >= 15 is 0 Å². The van der Waals surface area contributed by atoms with E-state index in [0.29, 0.717) is 6.54 Å². The highest BCUT2D eigenvalue weighted by Crippen LogP contribution is 2.29. The first-order valence-electron chi connectivity index (χ1n) is 7.33. The van der Waals surface area contributed by atoms with Crippen molar-refractivity contribution in [3.05, 3.63) is 28.2 Å². The van der Waals surface area contributed by atoms with Crippen molar-refractivity contribution in [1.82, 2.24) is 4.90 Å². The standard InChI is InChI=1S/C16H23BrN2O2/c1-19(15(20)16(18)8-4-3-5-9-16)11-12-10-13(17)6-7-14(12)21-2/h6-7,10H,3-5,8-9,11,18H2,1-2H3. The van der Waals surface area contributed by atoms with E-state index in [2.05, 4.69) is 15.9 Å². The van der Waals surface area contributed by atoms with Gasteiger partial charge in [-0.15, -0.1) is 0 Å². The Hall–Kier alpha value is -1.07. The van der Waals surface area contributed by atoms with E-state index in [0.717, 1.165) is 41.5 Å². The van der Waals surface area contributed by atoms with Crippen molar-refractivity contribution in [3.8, 4) is 5.75 Å². The van der Waals surface area contributed by atoms with Gasteiger partial charge in [-0.3, -0.25) is 4.79 Å². The highest BCUT2D eigenvalue weighted by Gasteiger charge is 2.37. The number of benzene rings is 1. The Kier molecular flexibility index (Phi) is 5.27. The van der Waals surface area contributed by atoms with E-state index in [9.17, 15) is 4.79 Å². The van der Waals surface area contributed by atoms with E-state index in [4.69, 9.17) is 10.5 Å². The zero-order chi connectivity index (χ0) is 15.5. The first-order chi connectivity index (χ1) is 9.96. The quantitative estimate of drug-likeness (QED) is 0.903. The van der Waals surface area contributed by atoms with Gasteiger partial charge in [0.25, 0.3) is 0 Å². The van der Waals surface area contributed by atoms with Crippen LogP contribution in [-0.2, 0) is 11.3 Å². The SMILES string of the molecule is COc1ccc(Br)cc1CN(C)C(=O)C1(N)CCCCC1. The fraction of sp³-hybridized carbons (Fsp3) is 0.562. The molecule has 4 nitrogen and oxygen atoms in total. The van der Waals surface area contributed by atoms with Crippen LogP contribution < -0.4 is 10.5 Å². The topological polar surface area (TPSA) is 55.6 Å². The summed E-state index contributed by atoms with van der Waals surface area (Å²) in [6.45, 7) is 0.500. The lowest BCUT2D eigenvalue weighted by molar-refractivity contribution is -0.137. The molecule has 1 aromatic rings. The van der Waals surface area contributed by atoms with Crippen molar-refractivity contribution < 1.29 is 9.53 Å². The molecule has 2 rings (SSSR count). The molecule has 0 heterocycles. The Labute approximate surface area is 134 Å². The molecule has 1 saturated carbocycles. The van der Waals surface area contributed by atoms with Crippen molar-refractivity contribution in [1.29, 1.82) is 0 Å². The van der Waals surface area contributed by atoms with Crippen LogP contribution in [0.15, 0.2) is 22.7 Å². The molecule has 1 amide bonds. The smallest absolute Gasteiger partial charge is 0.242 e. The molecule has 0 spiro atoms. The van der Waals surface area contributed by atoms with E-state index in [1.807, 2.05) is 25.2 Å². The summed E-state index contributed by atoms with van der Waals surface area (Å²) >= 11 is 3.46. The lowest BCUT2D eigenvalue weighted by Gasteiger charge is -2.35. The number of carbonyl (C=O) groups is 1. The molecule has 1 aliphatic rings. The van der Waals surface area contributed by atoms with Crippen molar-refractivity contribution in [3.63, 3.8) is 0 Å². The van der Waals surface area contributed by atoms with Gasteiger partial charge in [0.15, 0.2) is 0 Å². The van der Waals surface area contributed by atoms with E-state index in [1.54, 1.807) is 12.0 Å². The van der Waals surface area contributed by atoms with Gasteiger partial charge >= 0.3 is 0 Å². The number of ether oxygens (including phenoxy) is 1. The number of nitrogens with two attached hydrogens (primary N) is 1. The van der Waals surface area contributed by atoms with Crippen molar-refractivity contribution in [2.75, 3.05) is 14.2 Å². The van der Waals surface area contributed by atoms with Gasteiger partial charge in [0.05, 0.1) is 12.6 Å². The minimum Gasteiger partial charge on any atom is -0.496 e. The summed E-state index contributed by atoms with van der Waals surface area (Å²) < 4.78 is 6.33. The van der Waals surface area contributed by atoms with Crippen LogP contribution in [0.25, 0.3) is 0 Å². The Bertz CT molecular complexity index is 513. The maximum atomic E-state index is 12.7. The van der Waals surface area contributed by atoms with Crippen LogP contribution in [0.5, 0.6) is 5.75 Å². The molecule has 1 aromatic carbocycles. The molecule has 0 saturated heterocycles. The van der Waals surface area contributed by atoms with Crippen molar-refractivity contribution in [2.45, 2.75) is 44.2 Å². The molecule has 2 N–H and O–H groups in total. The molecule has 0 aromatic heterocycles. The first kappa shape index (κ1) is 16.3. The second-order valence-corrected chi connectivity index (χ2v) is 6.75. The molecule has 0 radical (unpaired) electrons. The Morgan fingerprint density at radius 1 is 1.38 bits per heavy atom. The maximum absolute atomic E-state index is 12.7. The summed E-state index contributed by atoms with van der Waals surface area (Å²) in [5.41, 5.74) is 6.61. The Morgan fingerprint density at radius 2 is 2.05 bits per heavy atom. The molecular weight excluding hydrogens is 332 g/mol. The molecular formula is C16H23BrN2O2. The summed E-state index contributed by atoms with van der Waals surface area (Å²) in [5.74, 6) is 0.816. The van der Waals surface area contributed by atoms with Crippen molar-refractivity contribution >= 4 is 21.8 Å². The third kappa shape index (κ3) is 3.77. The molecule has 0 atom stereocenters. The van der Waals surface area contributed by atoms with Gasteiger partial charge in [-0.25, -0.2) is 0 Å². The summed E-state index contributed by atoms with van der Waals surface area (Å²) in [6, 6.07) is 5.80. The van der Waals surface area contributed by atoms with E-state index in [1.165, 1.54) is 6.42 Å². The number of likely N-dealkylation sites (N-methyl/N-ethyl adjacent to an activating group) is 1. The fourth-order valence-corrected chi connectivity index (χ4v) is 3.38. The Balaban J connectivity index is 2.12. The summed E-state index contributed by atoms with van der Waals surface area (Å²) in [6.07, 6.45) is 4.82. The average Bonchev–Trinajstić information content (AvgIpc) is 2.47. The largest absolute Gasteiger partial charge is 0.496 e. The highest BCUT2D eigenvalue weighted by molar-refractivity contribution is 9.10. The summed E-state index contributed by atoms with van der Waals surface area (Å²) in [4.78, 5) is 14.4. The van der Waals surface area contributed by atoms with Crippen LogP contribution >= 0.6 is 15.9 Å². The third-order valence-corrected chi connectivity index (χ3v) is 4.66.